The van der Waals surface area contributed by atoms with Crippen LogP contribution in [0.1, 0.15) is 38.7 Å². The lowest BCUT2D eigenvalue weighted by molar-refractivity contribution is 0.358. The van der Waals surface area contributed by atoms with E-state index in [-0.39, 0.29) is 5.41 Å². The van der Waals surface area contributed by atoms with E-state index in [9.17, 15) is 0 Å². The van der Waals surface area contributed by atoms with Gasteiger partial charge in [-0.25, -0.2) is 0 Å². The third kappa shape index (κ3) is 3.01. The Hall–Kier alpha value is -1.56. The summed E-state index contributed by atoms with van der Waals surface area (Å²) in [5.41, 5.74) is 3.02. The number of allylic oxidation sites excluding steroid dienone is 6. The molecule has 0 amide bonds. The molecule has 0 aliphatic heterocycles. The third-order valence-electron chi connectivity index (χ3n) is 3.34. The van der Waals surface area contributed by atoms with Gasteiger partial charge >= 0.3 is 0 Å². The molecule has 1 aliphatic rings. The predicted molar refractivity (Wildman–Crippen MR) is 79.6 cm³/mol. The van der Waals surface area contributed by atoms with Crippen LogP contribution in [0.5, 0.6) is 0 Å². The summed E-state index contributed by atoms with van der Waals surface area (Å²) < 4.78 is 0. The Kier molecular flexibility index (Phi) is 3.86. The topological polar surface area (TPSA) is 0 Å². The molecule has 0 saturated heterocycles. The molecule has 1 unspecified atom stereocenters. The zero-order chi connectivity index (χ0) is 13.0. The van der Waals surface area contributed by atoms with Crippen LogP contribution >= 0.6 is 0 Å². The Labute approximate surface area is 111 Å². The predicted octanol–water partition coefficient (Wildman–Crippen LogP) is 5.26. The molecule has 0 radical (unpaired) electrons. The average Bonchev–Trinajstić information content (AvgIpc) is 2.58. The van der Waals surface area contributed by atoms with Gasteiger partial charge in [-0.15, -0.1) is 0 Å². The minimum absolute atomic E-state index is 0.218. The lowest BCUT2D eigenvalue weighted by atomic mass is 9.72. The van der Waals surface area contributed by atoms with Crippen molar-refractivity contribution in [3.05, 3.63) is 71.8 Å². The lowest BCUT2D eigenvalue weighted by Crippen LogP contribution is -2.19. The van der Waals surface area contributed by atoms with E-state index < -0.39 is 0 Å². The molecule has 94 valence electrons. The maximum Gasteiger partial charge on any atom is 0.0138 e. The van der Waals surface area contributed by atoms with Crippen LogP contribution in [0.15, 0.2) is 66.3 Å². The molecule has 1 aromatic carbocycles. The van der Waals surface area contributed by atoms with Crippen molar-refractivity contribution in [2.45, 2.75) is 33.1 Å². The van der Waals surface area contributed by atoms with E-state index in [0.29, 0.717) is 5.92 Å². The second kappa shape index (κ2) is 5.39. The minimum atomic E-state index is 0.218. The molecule has 0 heterocycles. The molecule has 0 heteroatoms. The molecule has 18 heavy (non-hydrogen) atoms. The first kappa shape index (κ1) is 12.9. The number of benzene rings is 1. The highest BCUT2D eigenvalue weighted by Crippen LogP contribution is 2.41. The smallest absolute Gasteiger partial charge is 0.0138 e. The van der Waals surface area contributed by atoms with Crippen LogP contribution in [0.4, 0.5) is 0 Å². The molecule has 0 fully saturated rings. The van der Waals surface area contributed by atoms with Crippen molar-refractivity contribution in [3.63, 3.8) is 0 Å². The number of hydrogen-bond acceptors (Lipinski definition) is 0. The van der Waals surface area contributed by atoms with Gasteiger partial charge < -0.3 is 0 Å². The van der Waals surface area contributed by atoms with Crippen molar-refractivity contribution < 1.29 is 0 Å². The molecule has 0 nitrogen and oxygen atoms in total. The highest BCUT2D eigenvalue weighted by molar-refractivity contribution is 5.40. The fourth-order valence-corrected chi connectivity index (χ4v) is 2.63. The first-order chi connectivity index (χ1) is 8.59. The summed E-state index contributed by atoms with van der Waals surface area (Å²) in [6, 6.07) is 10.8. The molecule has 1 aromatic rings. The quantitative estimate of drug-likeness (QED) is 0.659. The van der Waals surface area contributed by atoms with Crippen molar-refractivity contribution in [2.75, 3.05) is 0 Å². The number of hydrogen-bond donors (Lipinski definition) is 0. The molecular formula is C18H22. The van der Waals surface area contributed by atoms with Gasteiger partial charge in [-0.1, -0.05) is 81.5 Å². The highest BCUT2D eigenvalue weighted by atomic mass is 14.3. The van der Waals surface area contributed by atoms with Crippen LogP contribution < -0.4 is 0 Å². The van der Waals surface area contributed by atoms with E-state index in [1.807, 2.05) is 0 Å². The van der Waals surface area contributed by atoms with E-state index >= 15 is 0 Å². The summed E-state index contributed by atoms with van der Waals surface area (Å²) in [4.78, 5) is 0. The van der Waals surface area contributed by atoms with Crippen LogP contribution in [-0.2, 0) is 0 Å². The Balaban J connectivity index is 2.44. The van der Waals surface area contributed by atoms with Gasteiger partial charge in [-0.05, 0) is 23.0 Å². The number of rotatable bonds is 2. The van der Waals surface area contributed by atoms with Gasteiger partial charge in [0.25, 0.3) is 0 Å². The molecular weight excluding hydrogens is 216 g/mol. The van der Waals surface area contributed by atoms with E-state index in [4.69, 9.17) is 0 Å². The molecule has 1 aliphatic carbocycles. The summed E-state index contributed by atoms with van der Waals surface area (Å²) in [6.07, 6.45) is 12.2. The molecule has 0 N–H and O–H groups in total. The summed E-state index contributed by atoms with van der Waals surface area (Å²) in [7, 11) is 0. The zero-order valence-electron chi connectivity index (χ0n) is 11.6. The molecule has 0 bridgehead atoms. The van der Waals surface area contributed by atoms with Gasteiger partial charge in [0.2, 0.25) is 0 Å². The van der Waals surface area contributed by atoms with Crippen molar-refractivity contribution in [1.82, 2.24) is 0 Å². The van der Waals surface area contributed by atoms with Crippen molar-refractivity contribution in [1.29, 1.82) is 0 Å². The fraction of sp³-hybridized carbons (Fsp3) is 0.333. The lowest BCUT2D eigenvalue weighted by Gasteiger charge is -2.32. The molecule has 0 aromatic heterocycles. The Morgan fingerprint density at radius 1 is 1.00 bits per heavy atom. The standard InChI is InChI=1S/C18H22/c1-18(2,3)17(16-13-9-6-10-14-16)15-11-7-4-5-8-12-15/h4,6-14,17H,5H2,1-3H3. The first-order valence-corrected chi connectivity index (χ1v) is 6.67. The Morgan fingerprint density at radius 3 is 2.39 bits per heavy atom. The first-order valence-electron chi connectivity index (χ1n) is 6.67. The Morgan fingerprint density at radius 2 is 1.72 bits per heavy atom. The van der Waals surface area contributed by atoms with Crippen LogP contribution in [0, 0.1) is 5.41 Å². The second-order valence-corrected chi connectivity index (χ2v) is 5.94. The molecule has 0 spiro atoms. The van der Waals surface area contributed by atoms with Crippen molar-refractivity contribution >= 4 is 0 Å². The largest absolute Gasteiger partial charge is 0.0807 e. The third-order valence-corrected chi connectivity index (χ3v) is 3.34. The summed E-state index contributed by atoms with van der Waals surface area (Å²) in [5, 5.41) is 0. The monoisotopic (exact) mass is 238 g/mol. The van der Waals surface area contributed by atoms with E-state index in [1.165, 1.54) is 11.1 Å². The van der Waals surface area contributed by atoms with Gasteiger partial charge in [0.15, 0.2) is 0 Å². The van der Waals surface area contributed by atoms with Crippen LogP contribution in [0.25, 0.3) is 0 Å². The maximum absolute atomic E-state index is 2.31. The highest BCUT2D eigenvalue weighted by Gasteiger charge is 2.28. The normalized spacial score (nSPS) is 17.2. The van der Waals surface area contributed by atoms with Gasteiger partial charge in [0, 0.05) is 5.92 Å². The van der Waals surface area contributed by atoms with E-state index in [2.05, 4.69) is 81.5 Å². The zero-order valence-corrected chi connectivity index (χ0v) is 11.6. The average molecular weight is 238 g/mol. The second-order valence-electron chi connectivity index (χ2n) is 5.94. The van der Waals surface area contributed by atoms with Gasteiger partial charge in [-0.3, -0.25) is 0 Å². The molecule has 0 saturated carbocycles. The maximum atomic E-state index is 2.31. The van der Waals surface area contributed by atoms with E-state index in [0.717, 1.165) is 6.42 Å². The minimum Gasteiger partial charge on any atom is -0.0807 e. The molecule has 1 atom stereocenters. The fourth-order valence-electron chi connectivity index (χ4n) is 2.63. The van der Waals surface area contributed by atoms with Crippen LogP contribution in [0.3, 0.4) is 0 Å². The SMILES string of the molecule is CC(C)(C)C(C1=CC=CCC=C1)c1ccccc1. The Bertz CT molecular complexity index is 467. The van der Waals surface area contributed by atoms with Crippen LogP contribution in [0.2, 0.25) is 0 Å². The summed E-state index contributed by atoms with van der Waals surface area (Å²) in [6.45, 7) is 6.94. The molecule has 2 rings (SSSR count). The van der Waals surface area contributed by atoms with Crippen LogP contribution in [-0.4, -0.2) is 0 Å². The van der Waals surface area contributed by atoms with E-state index in [1.54, 1.807) is 0 Å². The van der Waals surface area contributed by atoms with Gasteiger partial charge in [0.05, 0.1) is 0 Å². The van der Waals surface area contributed by atoms with Crippen molar-refractivity contribution in [3.8, 4) is 0 Å². The summed E-state index contributed by atoms with van der Waals surface area (Å²) >= 11 is 0. The summed E-state index contributed by atoms with van der Waals surface area (Å²) in [5.74, 6) is 0.442. The van der Waals surface area contributed by atoms with Gasteiger partial charge in [-0.2, -0.15) is 0 Å². The van der Waals surface area contributed by atoms with Gasteiger partial charge in [0.1, 0.15) is 0 Å². The van der Waals surface area contributed by atoms with Crippen molar-refractivity contribution in [2.24, 2.45) is 5.41 Å².